The van der Waals surface area contributed by atoms with Gasteiger partial charge in [-0.05, 0) is 54.5 Å². The average Bonchev–Trinajstić information content (AvgIpc) is 3.18. The van der Waals surface area contributed by atoms with Gasteiger partial charge in [0.15, 0.2) is 0 Å². The van der Waals surface area contributed by atoms with Gasteiger partial charge >= 0.3 is 5.97 Å². The van der Waals surface area contributed by atoms with Crippen molar-refractivity contribution >= 4 is 5.97 Å². The number of aliphatic carboxylic acids is 1. The molecule has 144 valence electrons. The van der Waals surface area contributed by atoms with E-state index in [1.54, 1.807) is 6.07 Å². The van der Waals surface area contributed by atoms with E-state index in [2.05, 4.69) is 34.4 Å². The molecule has 1 aliphatic carbocycles. The van der Waals surface area contributed by atoms with Crippen LogP contribution in [-0.2, 0) is 11.2 Å². The Balaban J connectivity index is 1.53. The van der Waals surface area contributed by atoms with Gasteiger partial charge in [-0.1, -0.05) is 54.8 Å². The number of carboxylic acid groups (broad SMARTS) is 1. The molecule has 0 saturated heterocycles. The van der Waals surface area contributed by atoms with Crippen LogP contribution in [0.1, 0.15) is 54.7 Å². The Bertz CT molecular complexity index is 970. The minimum Gasteiger partial charge on any atom is -0.481 e. The second-order valence-corrected chi connectivity index (χ2v) is 7.60. The molecule has 5 nitrogen and oxygen atoms in total. The molecule has 4 rings (SSSR count). The van der Waals surface area contributed by atoms with Crippen molar-refractivity contribution in [3.63, 3.8) is 0 Å². The summed E-state index contributed by atoms with van der Waals surface area (Å²) >= 11 is 0. The van der Waals surface area contributed by atoms with Crippen LogP contribution < -0.4 is 0 Å². The highest BCUT2D eigenvalue weighted by atomic mass is 16.5. The quantitative estimate of drug-likeness (QED) is 0.646. The number of carboxylic acids is 1. The van der Waals surface area contributed by atoms with Gasteiger partial charge < -0.3 is 9.63 Å². The largest absolute Gasteiger partial charge is 0.481 e. The number of aryl methyl sites for hydroxylation is 1. The van der Waals surface area contributed by atoms with Gasteiger partial charge in [-0.15, -0.1) is 0 Å². The Hall–Kier alpha value is -2.95. The standard InChI is InChI=1S/C23H24N2O3/c1-15-13-16(14-21(26)27)7-12-20(15)22-24-23(28-25-22)19-10-8-18(9-11-19)17-5-3-2-4-6-17/h7-13,17H,2-6,14H2,1H3,(H,26,27). The van der Waals surface area contributed by atoms with Crippen LogP contribution in [0, 0.1) is 6.92 Å². The highest BCUT2D eigenvalue weighted by Gasteiger charge is 2.17. The lowest BCUT2D eigenvalue weighted by molar-refractivity contribution is -0.136. The molecule has 0 aliphatic heterocycles. The van der Waals surface area contributed by atoms with Crippen molar-refractivity contribution in [1.29, 1.82) is 0 Å². The van der Waals surface area contributed by atoms with Gasteiger partial charge in [-0.3, -0.25) is 4.79 Å². The molecule has 1 fully saturated rings. The average molecular weight is 376 g/mol. The van der Waals surface area contributed by atoms with Gasteiger partial charge in [0.1, 0.15) is 0 Å². The van der Waals surface area contributed by atoms with Crippen LogP contribution in [0.15, 0.2) is 47.0 Å². The molecule has 5 heteroatoms. The summed E-state index contributed by atoms with van der Waals surface area (Å²) in [6.07, 6.45) is 6.57. The van der Waals surface area contributed by atoms with Gasteiger partial charge in [0, 0.05) is 11.1 Å². The molecule has 0 unspecified atom stereocenters. The van der Waals surface area contributed by atoms with E-state index in [1.165, 1.54) is 37.7 Å². The summed E-state index contributed by atoms with van der Waals surface area (Å²) in [5.41, 5.74) is 4.85. The molecule has 28 heavy (non-hydrogen) atoms. The highest BCUT2D eigenvalue weighted by Crippen LogP contribution is 2.33. The minimum atomic E-state index is -0.842. The molecule has 1 aliphatic rings. The van der Waals surface area contributed by atoms with Crippen LogP contribution in [0.5, 0.6) is 0 Å². The fourth-order valence-electron chi connectivity index (χ4n) is 4.05. The number of nitrogens with zero attached hydrogens (tertiary/aromatic N) is 2. The number of rotatable bonds is 5. The Labute approximate surface area is 164 Å². The summed E-state index contributed by atoms with van der Waals surface area (Å²) < 4.78 is 5.49. The van der Waals surface area contributed by atoms with E-state index in [4.69, 9.17) is 9.63 Å². The third-order valence-corrected chi connectivity index (χ3v) is 5.55. The van der Waals surface area contributed by atoms with Crippen LogP contribution >= 0.6 is 0 Å². The van der Waals surface area contributed by atoms with E-state index in [0.717, 1.165) is 22.3 Å². The van der Waals surface area contributed by atoms with Crippen molar-refractivity contribution in [3.8, 4) is 22.8 Å². The summed E-state index contributed by atoms with van der Waals surface area (Å²) in [7, 11) is 0. The van der Waals surface area contributed by atoms with Crippen LogP contribution in [0.2, 0.25) is 0 Å². The lowest BCUT2D eigenvalue weighted by Gasteiger charge is -2.21. The molecule has 0 amide bonds. The number of benzene rings is 2. The molecule has 0 spiro atoms. The number of carbonyl (C=O) groups is 1. The first-order chi connectivity index (χ1) is 13.6. The van der Waals surface area contributed by atoms with Crippen molar-refractivity contribution < 1.29 is 14.4 Å². The minimum absolute atomic E-state index is 0.00591. The Morgan fingerprint density at radius 1 is 1.11 bits per heavy atom. The highest BCUT2D eigenvalue weighted by molar-refractivity contribution is 5.71. The predicted molar refractivity (Wildman–Crippen MR) is 107 cm³/mol. The fraction of sp³-hybridized carbons (Fsp3) is 0.348. The SMILES string of the molecule is Cc1cc(CC(=O)O)ccc1-c1noc(-c2ccc(C3CCCCC3)cc2)n1. The molecule has 2 aromatic carbocycles. The summed E-state index contributed by atoms with van der Waals surface area (Å²) in [4.78, 5) is 15.4. The van der Waals surface area contributed by atoms with Gasteiger partial charge in [0.25, 0.3) is 5.89 Å². The van der Waals surface area contributed by atoms with Gasteiger partial charge in [-0.2, -0.15) is 4.98 Å². The maximum Gasteiger partial charge on any atom is 0.307 e. The fourth-order valence-corrected chi connectivity index (χ4v) is 4.05. The van der Waals surface area contributed by atoms with E-state index < -0.39 is 5.97 Å². The van der Waals surface area contributed by atoms with Crippen LogP contribution in [0.3, 0.4) is 0 Å². The molecule has 3 aromatic rings. The number of aromatic nitrogens is 2. The van der Waals surface area contributed by atoms with E-state index in [0.29, 0.717) is 17.6 Å². The molecule has 1 saturated carbocycles. The third kappa shape index (κ3) is 3.98. The molecular weight excluding hydrogens is 352 g/mol. The van der Waals surface area contributed by atoms with Crippen LogP contribution in [-0.4, -0.2) is 21.2 Å². The zero-order valence-electron chi connectivity index (χ0n) is 16.0. The maximum atomic E-state index is 10.9. The number of hydrogen-bond acceptors (Lipinski definition) is 4. The van der Waals surface area contributed by atoms with Crippen molar-refractivity contribution in [2.75, 3.05) is 0 Å². The van der Waals surface area contributed by atoms with E-state index >= 15 is 0 Å². The molecule has 1 heterocycles. The molecule has 1 aromatic heterocycles. The zero-order chi connectivity index (χ0) is 19.5. The maximum absolute atomic E-state index is 10.9. The summed E-state index contributed by atoms with van der Waals surface area (Å²) in [6, 6.07) is 14.0. The molecular formula is C23H24N2O3. The van der Waals surface area contributed by atoms with E-state index in [9.17, 15) is 4.79 Å². The van der Waals surface area contributed by atoms with Gasteiger partial charge in [0.2, 0.25) is 5.82 Å². The first-order valence-corrected chi connectivity index (χ1v) is 9.86. The van der Waals surface area contributed by atoms with E-state index in [-0.39, 0.29) is 6.42 Å². The second kappa shape index (κ2) is 7.97. The van der Waals surface area contributed by atoms with Crippen LogP contribution in [0.25, 0.3) is 22.8 Å². The lowest BCUT2D eigenvalue weighted by Crippen LogP contribution is -2.04. The van der Waals surface area contributed by atoms with Crippen molar-refractivity contribution in [1.82, 2.24) is 10.1 Å². The lowest BCUT2D eigenvalue weighted by atomic mass is 9.84. The normalized spacial score (nSPS) is 14.9. The Morgan fingerprint density at radius 2 is 1.86 bits per heavy atom. The van der Waals surface area contributed by atoms with Gasteiger partial charge in [0.05, 0.1) is 6.42 Å². The molecule has 0 atom stereocenters. The van der Waals surface area contributed by atoms with Crippen molar-refractivity contribution in [3.05, 3.63) is 59.2 Å². The zero-order valence-corrected chi connectivity index (χ0v) is 16.0. The monoisotopic (exact) mass is 376 g/mol. The summed E-state index contributed by atoms with van der Waals surface area (Å²) in [6.45, 7) is 1.93. The summed E-state index contributed by atoms with van der Waals surface area (Å²) in [5, 5.41) is 13.1. The Morgan fingerprint density at radius 3 is 2.54 bits per heavy atom. The van der Waals surface area contributed by atoms with Crippen molar-refractivity contribution in [2.45, 2.75) is 51.4 Å². The van der Waals surface area contributed by atoms with E-state index in [1.807, 2.05) is 19.1 Å². The Kier molecular flexibility index (Phi) is 5.24. The summed E-state index contributed by atoms with van der Waals surface area (Å²) in [5.74, 6) is 0.851. The van der Waals surface area contributed by atoms with Gasteiger partial charge in [-0.25, -0.2) is 0 Å². The van der Waals surface area contributed by atoms with Crippen LogP contribution in [0.4, 0.5) is 0 Å². The first kappa shape index (κ1) is 18.4. The molecule has 1 N–H and O–H groups in total. The van der Waals surface area contributed by atoms with Crippen molar-refractivity contribution in [2.24, 2.45) is 0 Å². The molecule has 0 bridgehead atoms. The first-order valence-electron chi connectivity index (χ1n) is 9.86. The predicted octanol–water partition coefficient (Wildman–Crippen LogP) is 5.39. The third-order valence-electron chi connectivity index (χ3n) is 5.55. The molecule has 0 radical (unpaired) electrons. The second-order valence-electron chi connectivity index (χ2n) is 7.60. The number of hydrogen-bond donors (Lipinski definition) is 1. The smallest absolute Gasteiger partial charge is 0.307 e. The topological polar surface area (TPSA) is 76.2 Å².